The fourth-order valence-corrected chi connectivity index (χ4v) is 9.81. The molecule has 0 atom stereocenters. The Labute approximate surface area is 138 Å². The first-order valence-electron chi connectivity index (χ1n) is 8.80. The van der Waals surface area contributed by atoms with Gasteiger partial charge in [-0.05, 0) is 22.2 Å². The highest BCUT2D eigenvalue weighted by Gasteiger charge is 2.48. The Morgan fingerprint density at radius 2 is 1.45 bits per heavy atom. The van der Waals surface area contributed by atoms with E-state index in [-0.39, 0.29) is 0 Å². The summed E-state index contributed by atoms with van der Waals surface area (Å²) in [5.74, 6) is 0. The summed E-state index contributed by atoms with van der Waals surface area (Å²) in [6.45, 7) is 17.4. The van der Waals surface area contributed by atoms with Gasteiger partial charge in [0.25, 0.3) is 0 Å². The zero-order chi connectivity index (χ0) is 16.3. The van der Waals surface area contributed by atoms with Gasteiger partial charge in [-0.2, -0.15) is 0 Å². The summed E-state index contributed by atoms with van der Waals surface area (Å²) < 4.78 is 6.82. The highest BCUT2D eigenvalue weighted by atomic mass is 28.4. The molecule has 1 aromatic carbocycles. The lowest BCUT2D eigenvalue weighted by atomic mass is 10.1. The van der Waals surface area contributed by atoms with Crippen molar-refractivity contribution in [2.24, 2.45) is 0 Å². The Morgan fingerprint density at radius 1 is 0.955 bits per heavy atom. The summed E-state index contributed by atoms with van der Waals surface area (Å²) in [4.78, 5) is 2.50. The van der Waals surface area contributed by atoms with Gasteiger partial charge in [0.2, 0.25) is 8.32 Å². The number of benzene rings is 1. The minimum absolute atomic E-state index is 0.447. The van der Waals surface area contributed by atoms with Gasteiger partial charge in [0.05, 0.1) is 6.10 Å². The molecule has 0 radical (unpaired) electrons. The third-order valence-corrected chi connectivity index (χ3v) is 11.4. The lowest BCUT2D eigenvalue weighted by Crippen LogP contribution is -2.59. The van der Waals surface area contributed by atoms with E-state index in [0.29, 0.717) is 22.7 Å². The summed E-state index contributed by atoms with van der Waals surface area (Å²) in [6, 6.07) is 10.8. The number of rotatable bonds is 7. The van der Waals surface area contributed by atoms with E-state index in [1.165, 1.54) is 5.56 Å². The van der Waals surface area contributed by atoms with Crippen molar-refractivity contribution in [2.45, 2.75) is 70.8 Å². The van der Waals surface area contributed by atoms with E-state index in [0.717, 1.165) is 19.6 Å². The van der Waals surface area contributed by atoms with Crippen molar-refractivity contribution >= 4 is 8.32 Å². The third kappa shape index (κ3) is 3.64. The first-order valence-corrected chi connectivity index (χ1v) is 10.9. The quantitative estimate of drug-likeness (QED) is 0.651. The highest BCUT2D eigenvalue weighted by Crippen LogP contribution is 2.43. The fraction of sp³-hybridized carbons (Fsp3) is 0.684. The van der Waals surface area contributed by atoms with E-state index < -0.39 is 8.32 Å². The molecule has 3 heteroatoms. The van der Waals surface area contributed by atoms with Crippen LogP contribution in [0.1, 0.15) is 47.1 Å². The molecule has 124 valence electrons. The molecule has 0 unspecified atom stereocenters. The molecule has 2 rings (SSSR count). The Morgan fingerprint density at radius 3 is 1.91 bits per heavy atom. The minimum atomic E-state index is -1.71. The molecule has 0 bridgehead atoms. The summed E-state index contributed by atoms with van der Waals surface area (Å²) >= 11 is 0. The maximum atomic E-state index is 6.82. The molecule has 1 heterocycles. The van der Waals surface area contributed by atoms with Crippen LogP contribution in [-0.2, 0) is 11.0 Å². The maximum Gasteiger partial charge on any atom is 0.200 e. The van der Waals surface area contributed by atoms with Crippen LogP contribution in [-0.4, -0.2) is 32.4 Å². The molecule has 1 fully saturated rings. The van der Waals surface area contributed by atoms with Gasteiger partial charge < -0.3 is 4.43 Å². The van der Waals surface area contributed by atoms with Gasteiger partial charge in [-0.1, -0.05) is 71.9 Å². The fourth-order valence-electron chi connectivity index (χ4n) is 4.26. The lowest BCUT2D eigenvalue weighted by molar-refractivity contribution is 0.00310. The van der Waals surface area contributed by atoms with Crippen LogP contribution in [0.25, 0.3) is 0 Å². The largest absolute Gasteiger partial charge is 0.411 e. The number of hydrogen-bond donors (Lipinski definition) is 0. The molecule has 1 aliphatic rings. The number of hydrogen-bond acceptors (Lipinski definition) is 2. The van der Waals surface area contributed by atoms with Crippen molar-refractivity contribution < 1.29 is 4.43 Å². The van der Waals surface area contributed by atoms with Gasteiger partial charge in [0.1, 0.15) is 0 Å². The standard InChI is InChI=1S/C19H33NOSi/c1-15(2)22(16(3)4,17(5)6)21-19-13-20(14-19)12-18-10-8-7-9-11-18/h7-11,15-17,19H,12-14H2,1-6H3. The van der Waals surface area contributed by atoms with Gasteiger partial charge in [0.15, 0.2) is 0 Å². The Hall–Kier alpha value is -0.643. The predicted molar refractivity (Wildman–Crippen MR) is 97.6 cm³/mol. The topological polar surface area (TPSA) is 12.5 Å². The second-order valence-electron chi connectivity index (χ2n) is 7.74. The van der Waals surface area contributed by atoms with Crippen LogP contribution < -0.4 is 0 Å². The molecule has 0 N–H and O–H groups in total. The zero-order valence-corrected chi connectivity index (χ0v) is 16.2. The molecule has 0 aliphatic carbocycles. The molecule has 22 heavy (non-hydrogen) atoms. The molecule has 0 aromatic heterocycles. The van der Waals surface area contributed by atoms with Crippen molar-refractivity contribution in [3.63, 3.8) is 0 Å². The first kappa shape index (κ1) is 17.7. The van der Waals surface area contributed by atoms with Crippen LogP contribution in [0, 0.1) is 0 Å². The smallest absolute Gasteiger partial charge is 0.200 e. The predicted octanol–water partition coefficient (Wildman–Crippen LogP) is 5.06. The van der Waals surface area contributed by atoms with E-state index in [9.17, 15) is 0 Å². The van der Waals surface area contributed by atoms with Gasteiger partial charge >= 0.3 is 0 Å². The molecule has 1 saturated heterocycles. The van der Waals surface area contributed by atoms with Crippen molar-refractivity contribution in [2.75, 3.05) is 13.1 Å². The summed E-state index contributed by atoms with van der Waals surface area (Å²) in [5, 5.41) is 0. The third-order valence-electron chi connectivity index (χ3n) is 5.25. The first-order chi connectivity index (χ1) is 10.4. The molecule has 1 aliphatic heterocycles. The normalized spacial score (nSPS) is 17.5. The Bertz CT molecular complexity index is 430. The molecule has 2 nitrogen and oxygen atoms in total. The van der Waals surface area contributed by atoms with Crippen molar-refractivity contribution in [1.82, 2.24) is 4.90 Å². The molecule has 0 spiro atoms. The van der Waals surface area contributed by atoms with Crippen LogP contribution in [0.3, 0.4) is 0 Å². The molecule has 1 aromatic rings. The molecular weight excluding hydrogens is 286 g/mol. The molecule has 0 saturated carbocycles. The maximum absolute atomic E-state index is 6.82. The summed E-state index contributed by atoms with van der Waals surface area (Å²) in [7, 11) is -1.71. The van der Waals surface area contributed by atoms with E-state index in [1.807, 2.05) is 0 Å². The minimum Gasteiger partial charge on any atom is -0.411 e. The Balaban J connectivity index is 1.92. The van der Waals surface area contributed by atoms with Crippen LogP contribution in [0.5, 0.6) is 0 Å². The van der Waals surface area contributed by atoms with Crippen molar-refractivity contribution in [3.8, 4) is 0 Å². The van der Waals surface area contributed by atoms with Gasteiger partial charge in [-0.25, -0.2) is 0 Å². The number of nitrogens with zero attached hydrogens (tertiary/aromatic N) is 1. The van der Waals surface area contributed by atoms with Gasteiger partial charge in [0, 0.05) is 19.6 Å². The highest BCUT2D eigenvalue weighted by molar-refractivity contribution is 6.77. The number of likely N-dealkylation sites (tertiary alicyclic amines) is 1. The van der Waals surface area contributed by atoms with Crippen molar-refractivity contribution in [3.05, 3.63) is 35.9 Å². The second kappa shape index (κ2) is 7.29. The van der Waals surface area contributed by atoms with E-state index in [1.54, 1.807) is 0 Å². The van der Waals surface area contributed by atoms with E-state index >= 15 is 0 Å². The monoisotopic (exact) mass is 319 g/mol. The van der Waals surface area contributed by atoms with Crippen molar-refractivity contribution in [1.29, 1.82) is 0 Å². The van der Waals surface area contributed by atoms with Gasteiger partial charge in [-0.3, -0.25) is 4.90 Å². The summed E-state index contributed by atoms with van der Waals surface area (Å²) in [5.41, 5.74) is 3.43. The average Bonchev–Trinajstić information content (AvgIpc) is 2.41. The van der Waals surface area contributed by atoms with E-state index in [2.05, 4.69) is 76.8 Å². The summed E-state index contributed by atoms with van der Waals surface area (Å²) in [6.07, 6.45) is 0.447. The second-order valence-corrected chi connectivity index (χ2v) is 13.1. The van der Waals surface area contributed by atoms with Crippen LogP contribution in [0.15, 0.2) is 30.3 Å². The zero-order valence-electron chi connectivity index (χ0n) is 15.2. The molecule has 0 amide bonds. The Kier molecular flexibility index (Phi) is 5.86. The lowest BCUT2D eigenvalue weighted by Gasteiger charge is -2.49. The van der Waals surface area contributed by atoms with Crippen LogP contribution in [0.4, 0.5) is 0 Å². The van der Waals surface area contributed by atoms with E-state index in [4.69, 9.17) is 4.43 Å². The van der Waals surface area contributed by atoms with Crippen LogP contribution >= 0.6 is 0 Å². The SMILES string of the molecule is CC(C)[Si](OC1CN(Cc2ccccc2)C1)(C(C)C)C(C)C. The van der Waals surface area contributed by atoms with Crippen LogP contribution in [0.2, 0.25) is 16.6 Å². The van der Waals surface area contributed by atoms with Gasteiger partial charge in [-0.15, -0.1) is 0 Å². The molecular formula is C19H33NOSi. The average molecular weight is 320 g/mol.